The van der Waals surface area contributed by atoms with E-state index in [-0.39, 0.29) is 23.2 Å². The molecule has 1 aliphatic rings. The number of nitrogens with zero attached hydrogens (tertiary/aromatic N) is 3. The van der Waals surface area contributed by atoms with Crippen LogP contribution in [0.15, 0.2) is 27.8 Å². The minimum atomic E-state index is -0.295. The van der Waals surface area contributed by atoms with Crippen LogP contribution in [0.1, 0.15) is 40.0 Å². The molecule has 3 rings (SSSR count). The van der Waals surface area contributed by atoms with Crippen LogP contribution in [0.5, 0.6) is 11.5 Å². The molecule has 0 N–H and O–H groups in total. The number of likely N-dealkylation sites (tertiary alicyclic amines) is 1. The summed E-state index contributed by atoms with van der Waals surface area (Å²) in [6.07, 6.45) is 3.27. The molecule has 1 aliphatic heterocycles. The van der Waals surface area contributed by atoms with E-state index in [1.807, 2.05) is 11.8 Å². The second kappa shape index (κ2) is 8.86. The Balaban J connectivity index is 1.73. The third-order valence-corrected chi connectivity index (χ3v) is 6.00. The number of piperidine rings is 1. The minimum Gasteiger partial charge on any atom is -0.497 e. The van der Waals surface area contributed by atoms with Crippen LogP contribution in [-0.2, 0) is 4.79 Å². The van der Waals surface area contributed by atoms with Crippen molar-refractivity contribution in [3.8, 4) is 23.0 Å². The summed E-state index contributed by atoms with van der Waals surface area (Å²) in [7, 11) is 3.17. The summed E-state index contributed by atoms with van der Waals surface area (Å²) in [5, 5.41) is 8.30. The number of hydrogen-bond acceptors (Lipinski definition) is 7. The molecular weight excluding hydrogens is 378 g/mol. The van der Waals surface area contributed by atoms with Gasteiger partial charge < -0.3 is 18.8 Å². The number of rotatable bonds is 6. The summed E-state index contributed by atoms with van der Waals surface area (Å²) >= 11 is 1.29. The van der Waals surface area contributed by atoms with E-state index in [0.29, 0.717) is 28.2 Å². The Kier molecular flexibility index (Phi) is 6.49. The lowest BCUT2D eigenvalue weighted by Gasteiger charge is -2.40. The van der Waals surface area contributed by atoms with E-state index in [4.69, 9.17) is 13.9 Å². The number of aromatic nitrogens is 2. The highest BCUT2D eigenvalue weighted by Gasteiger charge is 2.32. The zero-order valence-electron chi connectivity index (χ0n) is 17.0. The van der Waals surface area contributed by atoms with Gasteiger partial charge in [-0.1, -0.05) is 11.8 Å². The van der Waals surface area contributed by atoms with Crippen LogP contribution in [-0.4, -0.2) is 52.6 Å². The van der Waals surface area contributed by atoms with Crippen molar-refractivity contribution in [2.75, 3.05) is 14.2 Å². The second-order valence-electron chi connectivity index (χ2n) is 7.11. The third kappa shape index (κ3) is 4.43. The number of benzene rings is 1. The molecule has 0 unspecified atom stereocenters. The molecule has 2 aromatic rings. The van der Waals surface area contributed by atoms with Crippen LogP contribution in [0.3, 0.4) is 0 Å². The predicted molar refractivity (Wildman–Crippen MR) is 108 cm³/mol. The molecule has 1 aromatic carbocycles. The zero-order valence-corrected chi connectivity index (χ0v) is 17.8. The van der Waals surface area contributed by atoms with Crippen molar-refractivity contribution in [2.45, 2.75) is 62.6 Å². The van der Waals surface area contributed by atoms with Crippen LogP contribution in [0, 0.1) is 0 Å². The van der Waals surface area contributed by atoms with E-state index >= 15 is 0 Å². The summed E-state index contributed by atoms with van der Waals surface area (Å²) in [6, 6.07) is 5.91. The first kappa shape index (κ1) is 20.5. The molecule has 28 heavy (non-hydrogen) atoms. The Morgan fingerprint density at radius 1 is 1.14 bits per heavy atom. The second-order valence-corrected chi connectivity index (χ2v) is 8.40. The maximum atomic E-state index is 12.9. The van der Waals surface area contributed by atoms with Crippen LogP contribution < -0.4 is 9.47 Å². The molecule has 0 spiro atoms. The van der Waals surface area contributed by atoms with Gasteiger partial charge >= 0.3 is 0 Å². The lowest BCUT2D eigenvalue weighted by Crippen LogP contribution is -2.50. The first-order valence-corrected chi connectivity index (χ1v) is 10.4. The van der Waals surface area contributed by atoms with Gasteiger partial charge in [-0.2, -0.15) is 0 Å². The molecule has 3 atom stereocenters. The highest BCUT2D eigenvalue weighted by Crippen LogP contribution is 2.33. The summed E-state index contributed by atoms with van der Waals surface area (Å²) in [6.45, 7) is 6.12. The minimum absolute atomic E-state index is 0.118. The smallest absolute Gasteiger partial charge is 0.277 e. The maximum absolute atomic E-state index is 12.9. The molecule has 152 valence electrons. The van der Waals surface area contributed by atoms with Crippen molar-refractivity contribution in [1.29, 1.82) is 0 Å². The Hall–Kier alpha value is -2.22. The third-order valence-electron chi connectivity index (χ3n) is 5.08. The van der Waals surface area contributed by atoms with Crippen molar-refractivity contribution in [3.05, 3.63) is 18.2 Å². The Bertz CT molecular complexity index is 793. The normalized spacial score (nSPS) is 20.7. The quantitative estimate of drug-likeness (QED) is 0.672. The average Bonchev–Trinajstić information content (AvgIpc) is 3.15. The van der Waals surface area contributed by atoms with Gasteiger partial charge in [0.15, 0.2) is 0 Å². The number of methoxy groups -OCH3 is 2. The van der Waals surface area contributed by atoms with E-state index in [0.717, 1.165) is 12.8 Å². The molecule has 1 saturated heterocycles. The lowest BCUT2D eigenvalue weighted by molar-refractivity contribution is -0.136. The SMILES string of the molecule is COc1cc(OC)cc(-c2nnc(S[C@H](C)C(=O)N3[C@H](C)CCC[C@H]3C)o2)c1. The van der Waals surface area contributed by atoms with Gasteiger partial charge in [0, 0.05) is 23.7 Å². The topological polar surface area (TPSA) is 77.7 Å². The van der Waals surface area contributed by atoms with Crippen LogP contribution in [0.25, 0.3) is 11.5 Å². The number of carbonyl (C=O) groups excluding carboxylic acids is 1. The van der Waals surface area contributed by atoms with E-state index in [1.54, 1.807) is 32.4 Å². The summed E-state index contributed by atoms with van der Waals surface area (Å²) in [5.41, 5.74) is 0.702. The molecule has 2 heterocycles. The highest BCUT2D eigenvalue weighted by atomic mass is 32.2. The fourth-order valence-corrected chi connectivity index (χ4v) is 4.31. The van der Waals surface area contributed by atoms with Gasteiger partial charge in [-0.25, -0.2) is 0 Å². The van der Waals surface area contributed by atoms with Gasteiger partial charge in [0.05, 0.1) is 19.5 Å². The molecule has 1 amide bonds. The van der Waals surface area contributed by atoms with Gasteiger partial charge in [0.1, 0.15) is 11.5 Å². The molecule has 0 radical (unpaired) electrons. The molecule has 0 bridgehead atoms. The molecule has 7 nitrogen and oxygen atoms in total. The number of carbonyl (C=O) groups is 1. The van der Waals surface area contributed by atoms with Crippen molar-refractivity contribution in [3.63, 3.8) is 0 Å². The Morgan fingerprint density at radius 2 is 1.75 bits per heavy atom. The monoisotopic (exact) mass is 405 g/mol. The van der Waals surface area contributed by atoms with Crippen LogP contribution in [0.2, 0.25) is 0 Å². The van der Waals surface area contributed by atoms with Crippen LogP contribution >= 0.6 is 11.8 Å². The van der Waals surface area contributed by atoms with Crippen molar-refractivity contribution in [1.82, 2.24) is 15.1 Å². The average molecular weight is 406 g/mol. The van der Waals surface area contributed by atoms with E-state index in [2.05, 4.69) is 24.0 Å². The summed E-state index contributed by atoms with van der Waals surface area (Å²) in [4.78, 5) is 15.0. The Labute approximate surface area is 169 Å². The van der Waals surface area contributed by atoms with Gasteiger partial charge in [-0.3, -0.25) is 4.79 Å². The van der Waals surface area contributed by atoms with E-state index < -0.39 is 0 Å². The van der Waals surface area contributed by atoms with E-state index in [1.165, 1.54) is 18.2 Å². The zero-order chi connectivity index (χ0) is 20.3. The number of thioether (sulfide) groups is 1. The summed E-state index contributed by atoms with van der Waals surface area (Å²) < 4.78 is 16.4. The van der Waals surface area contributed by atoms with Crippen molar-refractivity contribution >= 4 is 17.7 Å². The Morgan fingerprint density at radius 3 is 2.32 bits per heavy atom. The molecule has 1 fully saturated rings. The number of amides is 1. The molecular formula is C20H27N3O4S. The maximum Gasteiger partial charge on any atom is 0.277 e. The fourth-order valence-electron chi connectivity index (χ4n) is 3.57. The largest absolute Gasteiger partial charge is 0.497 e. The molecule has 1 aromatic heterocycles. The van der Waals surface area contributed by atoms with Gasteiger partial charge in [0.2, 0.25) is 11.8 Å². The first-order chi connectivity index (χ1) is 13.4. The molecule has 0 aliphatic carbocycles. The lowest BCUT2D eigenvalue weighted by atomic mass is 9.97. The molecule has 0 saturated carbocycles. The van der Waals surface area contributed by atoms with E-state index in [9.17, 15) is 4.79 Å². The summed E-state index contributed by atoms with van der Waals surface area (Å²) in [5.74, 6) is 1.75. The van der Waals surface area contributed by atoms with Gasteiger partial charge in [-0.05, 0) is 52.2 Å². The first-order valence-electron chi connectivity index (χ1n) is 9.48. The molecule has 8 heteroatoms. The highest BCUT2D eigenvalue weighted by molar-refractivity contribution is 8.00. The fraction of sp³-hybridized carbons (Fsp3) is 0.550. The number of hydrogen-bond donors (Lipinski definition) is 0. The van der Waals surface area contributed by atoms with Gasteiger partial charge in [0.25, 0.3) is 5.22 Å². The predicted octanol–water partition coefficient (Wildman–Crippen LogP) is 4.02. The van der Waals surface area contributed by atoms with Crippen molar-refractivity contribution in [2.24, 2.45) is 0 Å². The van der Waals surface area contributed by atoms with Crippen LogP contribution in [0.4, 0.5) is 0 Å². The van der Waals surface area contributed by atoms with Gasteiger partial charge in [-0.15, -0.1) is 10.2 Å². The van der Waals surface area contributed by atoms with Crippen molar-refractivity contribution < 1.29 is 18.7 Å². The number of ether oxygens (including phenoxy) is 2. The standard InChI is InChI=1S/C20H27N3O4S/c1-12-7-6-8-13(2)23(12)19(24)14(3)28-20-22-21-18(27-20)15-9-16(25-4)11-17(10-15)26-5/h9-14H,6-8H2,1-5H3/t12-,13-,14-/m1/s1.